The maximum atomic E-state index is 13.1. The first-order valence-corrected chi connectivity index (χ1v) is 11.2. The van der Waals surface area contributed by atoms with Gasteiger partial charge in [-0.2, -0.15) is 0 Å². The third-order valence-electron chi connectivity index (χ3n) is 5.23. The molecule has 1 amide bonds. The van der Waals surface area contributed by atoms with Crippen molar-refractivity contribution < 1.29 is 9.53 Å². The Morgan fingerprint density at radius 1 is 1.23 bits per heavy atom. The average molecular weight is 446 g/mol. The molecule has 158 valence electrons. The molecule has 0 saturated carbocycles. The summed E-state index contributed by atoms with van der Waals surface area (Å²) in [4.78, 5) is 30.2. The van der Waals surface area contributed by atoms with Gasteiger partial charge in [0.05, 0.1) is 18.6 Å². The summed E-state index contributed by atoms with van der Waals surface area (Å²) >= 11 is 7.53. The highest BCUT2D eigenvalue weighted by Gasteiger charge is 2.19. The van der Waals surface area contributed by atoms with Crippen LogP contribution in [0.5, 0.6) is 0 Å². The molecule has 0 atom stereocenters. The number of rotatable bonds is 6. The number of pyridine rings is 1. The van der Waals surface area contributed by atoms with E-state index in [0.29, 0.717) is 23.5 Å². The van der Waals surface area contributed by atoms with E-state index in [1.54, 1.807) is 29.7 Å². The third kappa shape index (κ3) is 4.59. The molecule has 1 N–H and O–H groups in total. The molecule has 0 radical (unpaired) electrons. The van der Waals surface area contributed by atoms with Gasteiger partial charge in [0.15, 0.2) is 0 Å². The van der Waals surface area contributed by atoms with Crippen LogP contribution >= 0.6 is 22.9 Å². The second kappa shape index (κ2) is 9.31. The van der Waals surface area contributed by atoms with Crippen LogP contribution in [0.4, 0.5) is 0 Å². The zero-order valence-electron chi connectivity index (χ0n) is 16.8. The summed E-state index contributed by atoms with van der Waals surface area (Å²) in [6.07, 6.45) is 1.68. The molecule has 6 nitrogen and oxygen atoms in total. The molecule has 30 heavy (non-hydrogen) atoms. The highest BCUT2D eigenvalue weighted by atomic mass is 35.5. The van der Waals surface area contributed by atoms with Crippen molar-refractivity contribution in [2.24, 2.45) is 0 Å². The predicted molar refractivity (Wildman–Crippen MR) is 120 cm³/mol. The van der Waals surface area contributed by atoms with Gasteiger partial charge >= 0.3 is 0 Å². The number of benzene rings is 1. The number of thiophene rings is 1. The monoisotopic (exact) mass is 445 g/mol. The summed E-state index contributed by atoms with van der Waals surface area (Å²) in [6, 6.07) is 9.21. The number of halogens is 1. The van der Waals surface area contributed by atoms with Crippen LogP contribution in [-0.2, 0) is 24.4 Å². The Kier molecular flexibility index (Phi) is 6.53. The summed E-state index contributed by atoms with van der Waals surface area (Å²) in [6.45, 7) is 7.10. The number of nitrogens with zero attached hydrogens (tertiary/aromatic N) is 2. The largest absolute Gasteiger partial charge is 0.379 e. The van der Waals surface area contributed by atoms with Crippen molar-refractivity contribution in [1.82, 2.24) is 14.8 Å². The normalized spacial score (nSPS) is 14.9. The molecule has 0 aliphatic carbocycles. The summed E-state index contributed by atoms with van der Waals surface area (Å²) < 4.78 is 7.40. The van der Waals surface area contributed by atoms with Crippen molar-refractivity contribution in [3.8, 4) is 0 Å². The van der Waals surface area contributed by atoms with E-state index < -0.39 is 0 Å². The smallest absolute Gasteiger partial charge is 0.257 e. The minimum Gasteiger partial charge on any atom is -0.379 e. The van der Waals surface area contributed by atoms with Gasteiger partial charge in [0.1, 0.15) is 10.4 Å². The molecule has 0 bridgehead atoms. The molecule has 2 aromatic heterocycles. The molecule has 1 saturated heterocycles. The lowest BCUT2D eigenvalue weighted by atomic mass is 10.1. The van der Waals surface area contributed by atoms with Gasteiger partial charge in [-0.05, 0) is 30.7 Å². The number of morpholine rings is 1. The van der Waals surface area contributed by atoms with Crippen LogP contribution < -0.4 is 10.7 Å². The number of carbonyl (C=O) groups is 1. The van der Waals surface area contributed by atoms with Crippen molar-refractivity contribution in [2.75, 3.05) is 26.3 Å². The Balaban J connectivity index is 1.58. The molecule has 8 heteroatoms. The van der Waals surface area contributed by atoms with E-state index in [1.165, 1.54) is 0 Å². The van der Waals surface area contributed by atoms with Gasteiger partial charge in [0, 0.05) is 48.8 Å². The van der Waals surface area contributed by atoms with Gasteiger partial charge in [-0.1, -0.05) is 23.7 Å². The van der Waals surface area contributed by atoms with Crippen LogP contribution in [0, 0.1) is 0 Å². The van der Waals surface area contributed by atoms with Crippen molar-refractivity contribution in [3.63, 3.8) is 0 Å². The first kappa shape index (κ1) is 21.1. The number of aryl methyl sites for hydroxylation is 1. The fourth-order valence-electron chi connectivity index (χ4n) is 3.56. The minimum atomic E-state index is -0.361. The molecule has 1 aromatic carbocycles. The lowest BCUT2D eigenvalue weighted by Crippen LogP contribution is -2.35. The highest BCUT2D eigenvalue weighted by molar-refractivity contribution is 7.18. The molecule has 3 aromatic rings. The Bertz CT molecular complexity index is 1100. The topological polar surface area (TPSA) is 63.6 Å². The predicted octanol–water partition coefficient (Wildman–Crippen LogP) is 3.50. The van der Waals surface area contributed by atoms with Gasteiger partial charge in [-0.25, -0.2) is 0 Å². The van der Waals surface area contributed by atoms with E-state index in [9.17, 15) is 9.59 Å². The van der Waals surface area contributed by atoms with E-state index in [2.05, 4.69) is 10.2 Å². The van der Waals surface area contributed by atoms with Gasteiger partial charge < -0.3 is 14.6 Å². The van der Waals surface area contributed by atoms with Crippen LogP contribution in [0.15, 0.2) is 41.3 Å². The maximum absolute atomic E-state index is 13.1. The van der Waals surface area contributed by atoms with Crippen molar-refractivity contribution >= 4 is 39.1 Å². The quantitative estimate of drug-likeness (QED) is 0.630. The zero-order valence-corrected chi connectivity index (χ0v) is 18.4. The van der Waals surface area contributed by atoms with Gasteiger partial charge in [0.25, 0.3) is 5.91 Å². The fourth-order valence-corrected chi connectivity index (χ4v) is 4.92. The van der Waals surface area contributed by atoms with E-state index in [4.69, 9.17) is 16.3 Å². The van der Waals surface area contributed by atoms with Crippen LogP contribution in [0.3, 0.4) is 0 Å². The Labute approximate surface area is 184 Å². The van der Waals surface area contributed by atoms with E-state index in [-0.39, 0.29) is 16.9 Å². The third-order valence-corrected chi connectivity index (χ3v) is 6.64. The number of fused-ring (bicyclic) bond motifs is 1. The van der Waals surface area contributed by atoms with Crippen molar-refractivity contribution in [3.05, 3.63) is 67.8 Å². The molecule has 1 aliphatic heterocycles. The number of aromatic nitrogens is 1. The second-order valence-corrected chi connectivity index (χ2v) is 8.84. The Hall–Kier alpha value is -2.19. The molecule has 3 heterocycles. The number of hydrogen-bond acceptors (Lipinski definition) is 5. The van der Waals surface area contributed by atoms with Crippen molar-refractivity contribution in [2.45, 2.75) is 26.6 Å². The SMILES string of the molecule is CCn1cc(C(=O)NCc2ccc(Cl)cc2)c(=O)c2cc(CN3CCOCC3)sc21. The molecule has 1 fully saturated rings. The van der Waals surface area contributed by atoms with Crippen LogP contribution in [0.2, 0.25) is 5.02 Å². The number of ether oxygens (including phenoxy) is 1. The number of carbonyl (C=O) groups excluding carboxylic acids is 1. The van der Waals surface area contributed by atoms with E-state index in [1.807, 2.05) is 29.7 Å². The van der Waals surface area contributed by atoms with E-state index >= 15 is 0 Å². The number of hydrogen-bond donors (Lipinski definition) is 1. The average Bonchev–Trinajstić information content (AvgIpc) is 3.18. The summed E-state index contributed by atoms with van der Waals surface area (Å²) in [5, 5.41) is 4.11. The number of nitrogens with one attached hydrogen (secondary N) is 1. The molecule has 1 aliphatic rings. The molecule has 0 unspecified atom stereocenters. The highest BCUT2D eigenvalue weighted by Crippen LogP contribution is 2.25. The van der Waals surface area contributed by atoms with Crippen molar-refractivity contribution in [1.29, 1.82) is 0 Å². The Morgan fingerprint density at radius 2 is 1.97 bits per heavy atom. The van der Waals surface area contributed by atoms with Gasteiger partial charge in [-0.15, -0.1) is 11.3 Å². The lowest BCUT2D eigenvalue weighted by molar-refractivity contribution is 0.0346. The first-order valence-electron chi connectivity index (χ1n) is 10.0. The molecule has 4 rings (SSSR count). The van der Waals surface area contributed by atoms with Gasteiger partial charge in [0.2, 0.25) is 5.43 Å². The summed E-state index contributed by atoms with van der Waals surface area (Å²) in [5.41, 5.74) is 0.884. The number of amides is 1. The minimum absolute atomic E-state index is 0.175. The summed E-state index contributed by atoms with van der Waals surface area (Å²) in [7, 11) is 0. The van der Waals surface area contributed by atoms with Crippen LogP contribution in [0.1, 0.15) is 27.7 Å². The molecular weight excluding hydrogens is 422 g/mol. The first-order chi connectivity index (χ1) is 14.5. The van der Waals surface area contributed by atoms with Crippen LogP contribution in [0.25, 0.3) is 10.2 Å². The van der Waals surface area contributed by atoms with Gasteiger partial charge in [-0.3, -0.25) is 14.5 Å². The van der Waals surface area contributed by atoms with E-state index in [0.717, 1.165) is 48.1 Å². The standard InChI is InChI=1S/C22H24ClN3O3S/c1-2-26-14-19(21(28)24-12-15-3-5-16(23)6-4-15)20(27)18-11-17(30-22(18)26)13-25-7-9-29-10-8-25/h3-6,11,14H,2,7-10,12-13H2,1H3,(H,24,28). The summed E-state index contributed by atoms with van der Waals surface area (Å²) in [5.74, 6) is -0.361. The molecule has 0 spiro atoms. The molecular formula is C22H24ClN3O3S. The van der Waals surface area contributed by atoms with Crippen LogP contribution in [-0.4, -0.2) is 41.7 Å². The Morgan fingerprint density at radius 3 is 2.67 bits per heavy atom. The zero-order chi connectivity index (χ0) is 21.1. The second-order valence-electron chi connectivity index (χ2n) is 7.29. The lowest BCUT2D eigenvalue weighted by Gasteiger charge is -2.25. The fraction of sp³-hybridized carbons (Fsp3) is 0.364. The maximum Gasteiger partial charge on any atom is 0.257 e.